The number of nitriles is 1. The number of carbonyl (C=O) groups excluding carboxylic acids is 2. The molecule has 242 valence electrons. The van der Waals surface area contributed by atoms with E-state index in [1.165, 1.54) is 17.3 Å². The van der Waals surface area contributed by atoms with Gasteiger partial charge >= 0.3 is 0 Å². The normalized spacial score (nSPS) is 17.2. The highest BCUT2D eigenvalue weighted by Crippen LogP contribution is 2.29. The number of halogens is 1. The molecule has 2 atom stereocenters. The maximum atomic E-state index is 15.5. The lowest BCUT2D eigenvalue weighted by molar-refractivity contribution is -0.136. The minimum absolute atomic E-state index is 0.102. The van der Waals surface area contributed by atoms with Crippen molar-refractivity contribution < 1.29 is 18.4 Å². The molecule has 6 rings (SSSR count). The summed E-state index contributed by atoms with van der Waals surface area (Å²) in [5, 5.41) is 12.4. The topological polar surface area (TPSA) is 92.8 Å². The van der Waals surface area contributed by atoms with Gasteiger partial charge in [-0.25, -0.2) is 4.39 Å². The smallest absolute Gasteiger partial charge is 0.288 e. The number of nitrogens with zero attached hydrogens (tertiary/aromatic N) is 4. The van der Waals surface area contributed by atoms with Gasteiger partial charge < -0.3 is 24.4 Å². The minimum atomic E-state index is -0.871. The number of rotatable bonds is 8. The average Bonchev–Trinajstić information content (AvgIpc) is 3.59. The predicted molar refractivity (Wildman–Crippen MR) is 181 cm³/mol. The quantitative estimate of drug-likeness (QED) is 0.251. The minimum Gasteiger partial charge on any atom is -0.451 e. The van der Waals surface area contributed by atoms with Crippen molar-refractivity contribution in [2.75, 3.05) is 49.1 Å². The molecule has 3 aromatic carbocycles. The molecule has 1 N–H and O–H groups in total. The van der Waals surface area contributed by atoms with Gasteiger partial charge in [-0.05, 0) is 68.7 Å². The van der Waals surface area contributed by atoms with Crippen molar-refractivity contribution in [2.24, 2.45) is 5.92 Å². The van der Waals surface area contributed by atoms with Crippen molar-refractivity contribution in [3.8, 4) is 17.4 Å². The Hall–Kier alpha value is -5.10. The third kappa shape index (κ3) is 7.49. The Labute approximate surface area is 275 Å². The molecule has 2 amide bonds. The number of furan rings is 1. The van der Waals surface area contributed by atoms with E-state index in [1.54, 1.807) is 24.3 Å². The Balaban J connectivity index is 1.03. The Kier molecular flexibility index (Phi) is 9.58. The zero-order chi connectivity index (χ0) is 32.9. The van der Waals surface area contributed by atoms with Gasteiger partial charge in [-0.15, -0.1) is 0 Å². The van der Waals surface area contributed by atoms with E-state index < -0.39 is 17.8 Å². The first-order valence-corrected chi connectivity index (χ1v) is 16.3. The van der Waals surface area contributed by atoms with E-state index in [0.717, 1.165) is 37.1 Å². The molecule has 0 spiro atoms. The Morgan fingerprint density at radius 3 is 2.30 bits per heavy atom. The lowest BCUT2D eigenvalue weighted by Crippen LogP contribution is -2.52. The highest BCUT2D eigenvalue weighted by atomic mass is 19.1. The van der Waals surface area contributed by atoms with E-state index in [4.69, 9.17) is 4.42 Å². The molecule has 9 heteroatoms. The SMILES string of the molecule is Cc1ccc(-c2ccc(C(=O)NC(C#N)Cc3ccc(N4CCCC(C(=O)N5CCN(c6ccc(C)cc6)CC5)C4)c(F)c3)o2)cc1. The molecular formula is C38H40FN5O3. The second-order valence-electron chi connectivity index (χ2n) is 12.6. The molecule has 47 heavy (non-hydrogen) atoms. The summed E-state index contributed by atoms with van der Waals surface area (Å²) in [5.41, 5.74) is 5.42. The number of nitrogens with one attached hydrogen (secondary N) is 1. The zero-order valence-corrected chi connectivity index (χ0v) is 26.9. The maximum Gasteiger partial charge on any atom is 0.288 e. The van der Waals surface area contributed by atoms with Gasteiger partial charge in [0, 0.05) is 56.9 Å². The summed E-state index contributed by atoms with van der Waals surface area (Å²) in [5.74, 6) is -0.287. The number of carbonyl (C=O) groups is 2. The van der Waals surface area contributed by atoms with E-state index >= 15 is 4.39 Å². The third-order valence-corrected chi connectivity index (χ3v) is 9.18. The molecular weight excluding hydrogens is 593 g/mol. The highest BCUT2D eigenvalue weighted by molar-refractivity contribution is 5.92. The van der Waals surface area contributed by atoms with Gasteiger partial charge in [-0.2, -0.15) is 5.26 Å². The van der Waals surface area contributed by atoms with Gasteiger partial charge in [0.05, 0.1) is 17.7 Å². The van der Waals surface area contributed by atoms with E-state index in [2.05, 4.69) is 47.5 Å². The van der Waals surface area contributed by atoms with Crippen LogP contribution in [0.5, 0.6) is 0 Å². The van der Waals surface area contributed by atoms with E-state index in [1.807, 2.05) is 41.0 Å². The lowest BCUT2D eigenvalue weighted by atomic mass is 9.95. The molecule has 0 saturated carbocycles. The van der Waals surface area contributed by atoms with Crippen molar-refractivity contribution >= 4 is 23.2 Å². The van der Waals surface area contributed by atoms with Crippen LogP contribution in [0.3, 0.4) is 0 Å². The Morgan fingerprint density at radius 2 is 1.62 bits per heavy atom. The van der Waals surface area contributed by atoms with Crippen LogP contribution in [0.4, 0.5) is 15.8 Å². The van der Waals surface area contributed by atoms with Gasteiger partial charge in [-0.1, -0.05) is 53.6 Å². The number of piperidine rings is 1. The molecule has 3 heterocycles. The molecule has 4 aromatic rings. The fraction of sp³-hybridized carbons (Fsp3) is 0.342. The molecule has 0 aliphatic carbocycles. The number of hydrogen-bond donors (Lipinski definition) is 1. The molecule has 0 radical (unpaired) electrons. The van der Waals surface area contributed by atoms with Crippen molar-refractivity contribution in [1.82, 2.24) is 10.2 Å². The first kappa shape index (κ1) is 31.9. The number of anilines is 2. The van der Waals surface area contributed by atoms with Crippen LogP contribution < -0.4 is 15.1 Å². The fourth-order valence-corrected chi connectivity index (χ4v) is 6.46. The van der Waals surface area contributed by atoms with Crippen LogP contribution in [0.1, 0.15) is 40.1 Å². The summed E-state index contributed by atoms with van der Waals surface area (Å²) in [6, 6.07) is 25.7. The highest BCUT2D eigenvalue weighted by Gasteiger charge is 2.32. The second-order valence-corrected chi connectivity index (χ2v) is 12.6. The van der Waals surface area contributed by atoms with Gasteiger partial charge in [0.15, 0.2) is 5.76 Å². The van der Waals surface area contributed by atoms with Crippen molar-refractivity contribution in [3.63, 3.8) is 0 Å². The summed E-state index contributed by atoms with van der Waals surface area (Å²) in [6.07, 6.45) is 1.74. The van der Waals surface area contributed by atoms with Crippen LogP contribution >= 0.6 is 0 Å². The number of amides is 2. The van der Waals surface area contributed by atoms with Gasteiger partial charge in [0.25, 0.3) is 5.91 Å². The molecule has 0 bridgehead atoms. The molecule has 2 unspecified atom stereocenters. The van der Waals surface area contributed by atoms with E-state index in [-0.39, 0.29) is 24.0 Å². The van der Waals surface area contributed by atoms with Crippen molar-refractivity contribution in [1.29, 1.82) is 5.26 Å². The van der Waals surface area contributed by atoms with Gasteiger partial charge in [-0.3, -0.25) is 9.59 Å². The van der Waals surface area contributed by atoms with Crippen LogP contribution in [-0.4, -0.2) is 62.0 Å². The molecule has 2 saturated heterocycles. The van der Waals surface area contributed by atoms with Crippen LogP contribution in [0.15, 0.2) is 83.3 Å². The molecule has 1 aromatic heterocycles. The van der Waals surface area contributed by atoms with Gasteiger partial charge in [0.1, 0.15) is 17.6 Å². The van der Waals surface area contributed by atoms with Crippen molar-refractivity contribution in [2.45, 2.75) is 39.2 Å². The second kappa shape index (κ2) is 14.1. The van der Waals surface area contributed by atoms with Gasteiger partial charge in [0.2, 0.25) is 5.91 Å². The van der Waals surface area contributed by atoms with Crippen LogP contribution in [0.2, 0.25) is 0 Å². The first-order chi connectivity index (χ1) is 22.8. The standard InChI is InChI=1S/C38H40FN5O3/c1-26-5-10-29(11-6-26)35-15-16-36(47-35)37(45)41-31(24-40)22-28-9-14-34(33(39)23-28)44-17-3-4-30(25-44)38(46)43-20-18-42(19-21-43)32-12-7-27(2)8-13-32/h5-16,23,30-31H,3-4,17-22,25H2,1-2H3,(H,41,45). The summed E-state index contributed by atoms with van der Waals surface area (Å²) >= 11 is 0. The third-order valence-electron chi connectivity index (χ3n) is 9.18. The zero-order valence-electron chi connectivity index (χ0n) is 26.9. The molecule has 8 nitrogen and oxygen atoms in total. The number of hydrogen-bond acceptors (Lipinski definition) is 6. The van der Waals surface area contributed by atoms with Crippen LogP contribution in [0.25, 0.3) is 11.3 Å². The first-order valence-electron chi connectivity index (χ1n) is 16.3. The van der Waals surface area contributed by atoms with Crippen LogP contribution in [-0.2, 0) is 11.2 Å². The fourth-order valence-electron chi connectivity index (χ4n) is 6.46. The van der Waals surface area contributed by atoms with E-state index in [0.29, 0.717) is 43.2 Å². The monoisotopic (exact) mass is 633 g/mol. The lowest BCUT2D eigenvalue weighted by Gasteiger charge is -2.40. The van der Waals surface area contributed by atoms with E-state index in [9.17, 15) is 14.9 Å². The number of piperazine rings is 1. The largest absolute Gasteiger partial charge is 0.451 e. The molecule has 2 aliphatic heterocycles. The summed E-state index contributed by atoms with van der Waals surface area (Å²) in [6.45, 7) is 8.15. The van der Waals surface area contributed by atoms with Crippen LogP contribution in [0, 0.1) is 36.9 Å². The predicted octanol–water partition coefficient (Wildman–Crippen LogP) is 6.13. The Morgan fingerprint density at radius 1 is 0.915 bits per heavy atom. The maximum absolute atomic E-state index is 15.5. The Bertz CT molecular complexity index is 1750. The summed E-state index contributed by atoms with van der Waals surface area (Å²) in [4.78, 5) is 32.6. The molecule has 2 fully saturated rings. The summed E-state index contributed by atoms with van der Waals surface area (Å²) < 4.78 is 21.2. The van der Waals surface area contributed by atoms with Crippen molar-refractivity contribution in [3.05, 3.63) is 107 Å². The number of benzene rings is 3. The average molecular weight is 634 g/mol. The summed E-state index contributed by atoms with van der Waals surface area (Å²) in [7, 11) is 0. The molecule has 2 aliphatic rings. The number of aryl methyl sites for hydroxylation is 2.